The fourth-order valence-corrected chi connectivity index (χ4v) is 6.01. The number of fused-ring (bicyclic) bond motifs is 2. The number of amides is 2. The molecule has 42 heavy (non-hydrogen) atoms. The minimum Gasteiger partial charge on any atom is -0.493 e. The van der Waals surface area contributed by atoms with Gasteiger partial charge in [0.2, 0.25) is 0 Å². The third-order valence-corrected chi connectivity index (χ3v) is 8.06. The lowest BCUT2D eigenvalue weighted by molar-refractivity contribution is 0.000952. The van der Waals surface area contributed by atoms with Crippen LogP contribution in [0.1, 0.15) is 38.1 Å². The molecule has 0 spiro atoms. The number of anilines is 1. The molecule has 4 heterocycles. The summed E-state index contributed by atoms with van der Waals surface area (Å²) in [6.45, 7) is 10.0. The van der Waals surface area contributed by atoms with E-state index in [1.54, 1.807) is 30.6 Å². The first-order valence-electron chi connectivity index (χ1n) is 13.9. The number of carbonyl (C=O) groups is 2. The van der Waals surface area contributed by atoms with Gasteiger partial charge in [0.15, 0.2) is 17.3 Å². The van der Waals surface area contributed by atoms with E-state index >= 15 is 4.39 Å². The first-order chi connectivity index (χ1) is 19.8. The van der Waals surface area contributed by atoms with Gasteiger partial charge in [0.1, 0.15) is 40.1 Å². The first kappa shape index (κ1) is 30.1. The normalized spacial score (nSPS) is 21.4. The molecule has 3 aliphatic rings. The average molecular weight is 608 g/mol. The Balaban J connectivity index is 1.62. The molecular weight excluding hydrogens is 572 g/mol. The number of aromatic nitrogens is 1. The Bertz CT molecular complexity index is 1400. The summed E-state index contributed by atoms with van der Waals surface area (Å²) in [5.41, 5.74) is -0.864. The Hall–Kier alpha value is -3.38. The Labute approximate surface area is 249 Å². The Morgan fingerprint density at radius 2 is 1.76 bits per heavy atom. The summed E-state index contributed by atoms with van der Waals surface area (Å²) in [6.07, 6.45) is -0.473. The lowest BCUT2D eigenvalue weighted by Crippen LogP contribution is -2.58. The summed E-state index contributed by atoms with van der Waals surface area (Å²) < 4.78 is 47.1. The molecule has 2 aromatic rings. The summed E-state index contributed by atoms with van der Waals surface area (Å²) in [7, 11) is 3.24. The van der Waals surface area contributed by atoms with Crippen LogP contribution in [0.3, 0.4) is 0 Å². The van der Waals surface area contributed by atoms with Crippen LogP contribution < -0.4 is 14.4 Å². The number of benzene rings is 1. The Kier molecular flexibility index (Phi) is 8.14. The molecule has 13 heteroatoms. The van der Waals surface area contributed by atoms with Crippen molar-refractivity contribution < 1.29 is 32.6 Å². The van der Waals surface area contributed by atoms with Crippen molar-refractivity contribution in [2.45, 2.75) is 45.4 Å². The monoisotopic (exact) mass is 607 g/mol. The third-order valence-electron chi connectivity index (χ3n) is 7.71. The van der Waals surface area contributed by atoms with Crippen molar-refractivity contribution >= 4 is 29.4 Å². The number of halogens is 3. The molecule has 1 aromatic heterocycles. The van der Waals surface area contributed by atoms with E-state index in [-0.39, 0.29) is 77.4 Å². The van der Waals surface area contributed by atoms with Crippen molar-refractivity contribution in [2.24, 2.45) is 0 Å². The fraction of sp³-hybridized carbons (Fsp3) is 0.552. The second-order valence-electron chi connectivity index (χ2n) is 11.9. The van der Waals surface area contributed by atoms with Crippen LogP contribution in [0.4, 0.5) is 19.4 Å². The number of ether oxygens (including phenoxy) is 3. The number of nitrogens with zero attached hydrogens (tertiary/aromatic N) is 5. The Morgan fingerprint density at radius 1 is 1.07 bits per heavy atom. The number of hydrogen-bond donors (Lipinski definition) is 0. The van der Waals surface area contributed by atoms with Crippen LogP contribution in [0.15, 0.2) is 12.1 Å². The quantitative estimate of drug-likeness (QED) is 0.511. The van der Waals surface area contributed by atoms with Crippen molar-refractivity contribution in [1.29, 1.82) is 0 Å². The van der Waals surface area contributed by atoms with Gasteiger partial charge < -0.3 is 33.8 Å². The van der Waals surface area contributed by atoms with Crippen LogP contribution in [-0.2, 0) is 4.74 Å². The molecule has 2 fully saturated rings. The highest BCUT2D eigenvalue weighted by Gasteiger charge is 2.42. The molecule has 228 valence electrons. The first-order valence-corrected chi connectivity index (χ1v) is 14.3. The number of piperazine rings is 2. The van der Waals surface area contributed by atoms with Crippen LogP contribution in [0.2, 0.25) is 5.02 Å². The molecule has 2 saturated heterocycles. The predicted octanol–water partition coefficient (Wildman–Crippen LogP) is 4.28. The topological polar surface area (TPSA) is 87.7 Å². The lowest BCUT2D eigenvalue weighted by atomic mass is 10.0. The van der Waals surface area contributed by atoms with Gasteiger partial charge in [-0.15, -0.1) is 0 Å². The van der Waals surface area contributed by atoms with Gasteiger partial charge in [0.25, 0.3) is 5.91 Å². The summed E-state index contributed by atoms with van der Waals surface area (Å²) in [5.74, 6) is -1.97. The molecule has 2 amide bonds. The predicted molar refractivity (Wildman–Crippen MR) is 154 cm³/mol. The molecule has 1 aromatic carbocycles. The highest BCUT2D eigenvalue weighted by atomic mass is 35.5. The number of rotatable bonds is 3. The highest BCUT2D eigenvalue weighted by molar-refractivity contribution is 6.35. The van der Waals surface area contributed by atoms with Gasteiger partial charge in [-0.05, 0) is 46.9 Å². The summed E-state index contributed by atoms with van der Waals surface area (Å²) >= 11 is 6.86. The van der Waals surface area contributed by atoms with Gasteiger partial charge in [-0.25, -0.2) is 18.6 Å². The number of hydrogen-bond acceptors (Lipinski definition) is 8. The van der Waals surface area contributed by atoms with Crippen LogP contribution in [0.25, 0.3) is 11.3 Å². The molecule has 5 rings (SSSR count). The minimum absolute atomic E-state index is 0.0156. The van der Waals surface area contributed by atoms with E-state index in [0.717, 1.165) is 12.1 Å². The van der Waals surface area contributed by atoms with Gasteiger partial charge in [0.05, 0.1) is 18.7 Å². The second-order valence-corrected chi connectivity index (χ2v) is 12.3. The van der Waals surface area contributed by atoms with Crippen LogP contribution in [0.5, 0.6) is 11.5 Å². The number of carbonyl (C=O) groups excluding carboxylic acids is 2. The average Bonchev–Trinajstić information content (AvgIpc) is 3.06. The summed E-state index contributed by atoms with van der Waals surface area (Å²) in [4.78, 5) is 39.2. The van der Waals surface area contributed by atoms with Crippen molar-refractivity contribution in [3.8, 4) is 22.8 Å². The number of likely N-dealkylation sites (N-methyl/N-ethyl adjacent to an activating group) is 1. The standard InChI is InChI=1S/C29H36ClF2N5O5/c1-16-13-34(5)9-11-36(16)26-21-25(22(30)23(33-26)20-18(31)7-8-19(32)24(20)40-6)41-15-17-14-35(10-12-37(17)27(21)38)28(39)42-29(2,3)4/h7-8,16-17H,9-15H2,1-6H3/t16-,17?/m0/s1. The van der Waals surface area contributed by atoms with E-state index in [1.165, 1.54) is 7.11 Å². The molecule has 0 saturated carbocycles. The highest BCUT2D eigenvalue weighted by Crippen LogP contribution is 2.47. The van der Waals surface area contributed by atoms with Crippen molar-refractivity contribution in [2.75, 3.05) is 64.9 Å². The smallest absolute Gasteiger partial charge is 0.410 e. The van der Waals surface area contributed by atoms with Gasteiger partial charge in [-0.1, -0.05) is 11.6 Å². The van der Waals surface area contributed by atoms with E-state index in [2.05, 4.69) is 4.90 Å². The van der Waals surface area contributed by atoms with Gasteiger partial charge >= 0.3 is 6.09 Å². The number of pyridine rings is 1. The SMILES string of the molecule is COc1c(F)ccc(F)c1-c1nc(N2CCN(C)C[C@@H]2C)c2c(c1Cl)OCC1CN(C(=O)OC(C)(C)C)CCN1C2=O. The zero-order valence-electron chi connectivity index (χ0n) is 24.7. The second kappa shape index (κ2) is 11.4. The maximum absolute atomic E-state index is 15.3. The molecule has 2 atom stereocenters. The van der Waals surface area contributed by atoms with E-state index in [4.69, 9.17) is 30.8 Å². The fourth-order valence-electron chi connectivity index (χ4n) is 5.72. The number of methoxy groups -OCH3 is 1. The molecule has 0 N–H and O–H groups in total. The largest absolute Gasteiger partial charge is 0.493 e. The molecule has 1 unspecified atom stereocenters. The molecule has 0 radical (unpaired) electrons. The van der Waals surface area contributed by atoms with E-state index in [0.29, 0.717) is 19.6 Å². The lowest BCUT2D eigenvalue weighted by Gasteiger charge is -2.41. The van der Waals surface area contributed by atoms with Crippen LogP contribution in [-0.4, -0.2) is 109 Å². The summed E-state index contributed by atoms with van der Waals surface area (Å²) in [5, 5.41) is -0.129. The summed E-state index contributed by atoms with van der Waals surface area (Å²) in [6, 6.07) is 1.38. The molecular formula is C29H36ClF2N5O5. The van der Waals surface area contributed by atoms with Crippen LogP contribution >= 0.6 is 11.6 Å². The molecule has 0 bridgehead atoms. The molecule has 3 aliphatic heterocycles. The minimum atomic E-state index is -0.787. The third kappa shape index (κ3) is 5.54. The maximum atomic E-state index is 15.3. The van der Waals surface area contributed by atoms with Crippen molar-refractivity contribution in [1.82, 2.24) is 19.7 Å². The van der Waals surface area contributed by atoms with E-state index < -0.39 is 29.4 Å². The van der Waals surface area contributed by atoms with Gasteiger partial charge in [-0.2, -0.15) is 0 Å². The zero-order chi connectivity index (χ0) is 30.5. The van der Waals surface area contributed by atoms with Gasteiger partial charge in [-0.3, -0.25) is 4.79 Å². The Morgan fingerprint density at radius 3 is 2.43 bits per heavy atom. The van der Waals surface area contributed by atoms with E-state index in [1.807, 2.05) is 18.9 Å². The maximum Gasteiger partial charge on any atom is 0.410 e. The van der Waals surface area contributed by atoms with E-state index in [9.17, 15) is 14.0 Å². The molecule has 10 nitrogen and oxygen atoms in total. The van der Waals surface area contributed by atoms with Crippen LogP contribution in [0, 0.1) is 11.6 Å². The zero-order valence-corrected chi connectivity index (χ0v) is 25.4. The van der Waals surface area contributed by atoms with Crippen molar-refractivity contribution in [3.05, 3.63) is 34.4 Å². The molecule has 0 aliphatic carbocycles. The van der Waals surface area contributed by atoms with Gasteiger partial charge in [0, 0.05) is 45.3 Å². The van der Waals surface area contributed by atoms with Crippen molar-refractivity contribution in [3.63, 3.8) is 0 Å².